The molecule has 0 saturated carbocycles. The molecule has 2 aromatic rings. The van der Waals surface area contributed by atoms with E-state index in [1.165, 1.54) is 47.3 Å². The lowest BCUT2D eigenvalue weighted by atomic mass is 9.89. The minimum atomic E-state index is -0.468. The Balaban J connectivity index is 1.93. The van der Waals surface area contributed by atoms with Gasteiger partial charge in [-0.3, -0.25) is 0 Å². The molecule has 1 heterocycles. The molecule has 1 unspecified atom stereocenters. The van der Waals surface area contributed by atoms with Gasteiger partial charge in [0.2, 0.25) is 0 Å². The maximum absolute atomic E-state index is 10.5. The van der Waals surface area contributed by atoms with E-state index in [4.69, 9.17) is 0 Å². The second kappa shape index (κ2) is 5.10. The quantitative estimate of drug-likeness (QED) is 0.863. The molecule has 0 aliphatic heterocycles. The molecule has 1 N–H and O–H groups in total. The second-order valence-electron chi connectivity index (χ2n) is 5.53. The summed E-state index contributed by atoms with van der Waals surface area (Å²) in [5.41, 5.74) is 5.23. The van der Waals surface area contributed by atoms with E-state index in [0.29, 0.717) is 0 Å². The van der Waals surface area contributed by atoms with E-state index in [-0.39, 0.29) is 0 Å². The molecule has 1 atom stereocenters. The van der Waals surface area contributed by atoms with E-state index >= 15 is 0 Å². The number of rotatable bonds is 2. The third-order valence-corrected chi connectivity index (χ3v) is 5.35. The number of hydrogen-bond donors (Lipinski definition) is 1. The van der Waals surface area contributed by atoms with Crippen molar-refractivity contribution in [2.24, 2.45) is 0 Å². The van der Waals surface area contributed by atoms with Gasteiger partial charge in [-0.1, -0.05) is 18.2 Å². The Hall–Kier alpha value is -1.12. The average Bonchev–Trinajstić information content (AvgIpc) is 2.77. The Labute approximate surface area is 118 Å². The molecule has 0 radical (unpaired) electrons. The predicted molar refractivity (Wildman–Crippen MR) is 80.9 cm³/mol. The first-order valence-corrected chi connectivity index (χ1v) is 7.83. The molecule has 3 rings (SSSR count). The van der Waals surface area contributed by atoms with Gasteiger partial charge in [-0.05, 0) is 67.9 Å². The molecule has 2 heteroatoms. The highest BCUT2D eigenvalue weighted by molar-refractivity contribution is 7.12. The van der Waals surface area contributed by atoms with Gasteiger partial charge < -0.3 is 5.11 Å². The van der Waals surface area contributed by atoms with Crippen LogP contribution in [0.1, 0.15) is 51.0 Å². The van der Waals surface area contributed by atoms with E-state index in [1.807, 2.05) is 0 Å². The zero-order valence-corrected chi connectivity index (χ0v) is 12.4. The Bertz CT molecular complexity index is 578. The zero-order chi connectivity index (χ0) is 13.4. The van der Waals surface area contributed by atoms with Crippen LogP contribution in [0.5, 0.6) is 0 Å². The molecule has 19 heavy (non-hydrogen) atoms. The number of thiophene rings is 1. The van der Waals surface area contributed by atoms with E-state index in [0.717, 1.165) is 10.4 Å². The number of benzene rings is 1. The summed E-state index contributed by atoms with van der Waals surface area (Å²) in [4.78, 5) is 2.36. The average molecular weight is 272 g/mol. The topological polar surface area (TPSA) is 20.2 Å². The predicted octanol–water partition coefficient (Wildman–Crippen LogP) is 4.33. The molecule has 0 fully saturated rings. The number of aliphatic hydroxyl groups excluding tert-OH is 1. The normalized spacial score (nSPS) is 16.2. The van der Waals surface area contributed by atoms with Gasteiger partial charge in [0.05, 0.1) is 0 Å². The van der Waals surface area contributed by atoms with Crippen LogP contribution >= 0.6 is 11.3 Å². The van der Waals surface area contributed by atoms with Crippen molar-refractivity contribution < 1.29 is 5.11 Å². The van der Waals surface area contributed by atoms with Crippen molar-refractivity contribution in [3.05, 3.63) is 56.3 Å². The summed E-state index contributed by atoms with van der Waals surface area (Å²) in [5.74, 6) is 0. The van der Waals surface area contributed by atoms with Crippen molar-refractivity contribution in [1.29, 1.82) is 0 Å². The van der Waals surface area contributed by atoms with Crippen LogP contribution in [0.2, 0.25) is 0 Å². The van der Waals surface area contributed by atoms with Gasteiger partial charge in [0, 0.05) is 9.75 Å². The molecule has 0 spiro atoms. The fraction of sp³-hybridized carbons (Fsp3) is 0.412. The first kappa shape index (κ1) is 12.9. The first-order chi connectivity index (χ1) is 9.15. The third-order valence-electron chi connectivity index (χ3n) is 4.14. The summed E-state index contributed by atoms with van der Waals surface area (Å²) in [6.07, 6.45) is 4.48. The monoisotopic (exact) mass is 272 g/mol. The standard InChI is InChI=1S/C17H20OS/c1-11-9-16(19-12(11)2)17(18)15-8-7-13-5-3-4-6-14(13)10-15/h7-10,17-18H,3-6H2,1-2H3. The summed E-state index contributed by atoms with van der Waals surface area (Å²) in [7, 11) is 0. The van der Waals surface area contributed by atoms with Crippen molar-refractivity contribution in [2.45, 2.75) is 45.6 Å². The summed E-state index contributed by atoms with van der Waals surface area (Å²) in [6, 6.07) is 8.63. The van der Waals surface area contributed by atoms with Crippen molar-refractivity contribution in [2.75, 3.05) is 0 Å². The minimum absolute atomic E-state index is 0.468. The van der Waals surface area contributed by atoms with Crippen LogP contribution < -0.4 is 0 Å². The van der Waals surface area contributed by atoms with Crippen LogP contribution in [0.3, 0.4) is 0 Å². The Morgan fingerprint density at radius 3 is 2.47 bits per heavy atom. The van der Waals surface area contributed by atoms with Gasteiger partial charge in [-0.2, -0.15) is 0 Å². The lowest BCUT2D eigenvalue weighted by molar-refractivity contribution is 0.224. The molecule has 1 aromatic carbocycles. The SMILES string of the molecule is Cc1cc(C(O)c2ccc3c(c2)CCCC3)sc1C. The van der Waals surface area contributed by atoms with Crippen LogP contribution in [0.25, 0.3) is 0 Å². The second-order valence-corrected chi connectivity index (χ2v) is 6.81. The Kier molecular flexibility index (Phi) is 3.46. The highest BCUT2D eigenvalue weighted by Gasteiger charge is 2.16. The van der Waals surface area contributed by atoms with E-state index in [1.54, 1.807) is 11.3 Å². The fourth-order valence-electron chi connectivity index (χ4n) is 2.82. The van der Waals surface area contributed by atoms with Gasteiger partial charge >= 0.3 is 0 Å². The van der Waals surface area contributed by atoms with Crippen molar-refractivity contribution in [3.63, 3.8) is 0 Å². The van der Waals surface area contributed by atoms with Gasteiger partial charge in [0.15, 0.2) is 0 Å². The van der Waals surface area contributed by atoms with Crippen molar-refractivity contribution in [1.82, 2.24) is 0 Å². The van der Waals surface area contributed by atoms with Crippen LogP contribution in [-0.2, 0) is 12.8 Å². The van der Waals surface area contributed by atoms with Crippen LogP contribution in [-0.4, -0.2) is 5.11 Å². The maximum atomic E-state index is 10.5. The van der Waals surface area contributed by atoms with E-state index in [2.05, 4.69) is 38.1 Å². The Morgan fingerprint density at radius 2 is 1.79 bits per heavy atom. The highest BCUT2D eigenvalue weighted by atomic mass is 32.1. The molecule has 1 aliphatic carbocycles. The number of hydrogen-bond acceptors (Lipinski definition) is 2. The molecule has 1 aliphatic rings. The van der Waals surface area contributed by atoms with Gasteiger partial charge in [-0.15, -0.1) is 11.3 Å². The number of aliphatic hydroxyl groups is 1. The fourth-order valence-corrected chi connectivity index (χ4v) is 3.88. The molecule has 0 amide bonds. The molecule has 1 nitrogen and oxygen atoms in total. The lowest BCUT2D eigenvalue weighted by Crippen LogP contribution is -2.05. The van der Waals surface area contributed by atoms with E-state index in [9.17, 15) is 5.11 Å². The Morgan fingerprint density at radius 1 is 1.05 bits per heavy atom. The zero-order valence-electron chi connectivity index (χ0n) is 11.6. The molecule has 100 valence electrons. The summed E-state index contributed by atoms with van der Waals surface area (Å²) < 4.78 is 0. The minimum Gasteiger partial charge on any atom is -0.383 e. The first-order valence-electron chi connectivity index (χ1n) is 7.02. The highest BCUT2D eigenvalue weighted by Crippen LogP contribution is 2.32. The lowest BCUT2D eigenvalue weighted by Gasteiger charge is -2.18. The number of aryl methyl sites for hydroxylation is 4. The van der Waals surface area contributed by atoms with Crippen molar-refractivity contribution in [3.8, 4) is 0 Å². The van der Waals surface area contributed by atoms with Crippen LogP contribution in [0.4, 0.5) is 0 Å². The van der Waals surface area contributed by atoms with Crippen LogP contribution in [0, 0.1) is 13.8 Å². The van der Waals surface area contributed by atoms with E-state index < -0.39 is 6.10 Å². The van der Waals surface area contributed by atoms with Gasteiger partial charge in [-0.25, -0.2) is 0 Å². The molecule has 0 saturated heterocycles. The number of fused-ring (bicyclic) bond motifs is 1. The smallest absolute Gasteiger partial charge is 0.113 e. The third kappa shape index (κ3) is 2.47. The van der Waals surface area contributed by atoms with Crippen LogP contribution in [0.15, 0.2) is 24.3 Å². The summed E-state index contributed by atoms with van der Waals surface area (Å²) in [5, 5.41) is 10.5. The van der Waals surface area contributed by atoms with Gasteiger partial charge in [0.1, 0.15) is 6.10 Å². The summed E-state index contributed by atoms with van der Waals surface area (Å²) in [6.45, 7) is 4.22. The molecule has 0 bridgehead atoms. The molecule has 1 aromatic heterocycles. The molecular weight excluding hydrogens is 252 g/mol. The van der Waals surface area contributed by atoms with Gasteiger partial charge in [0.25, 0.3) is 0 Å². The summed E-state index contributed by atoms with van der Waals surface area (Å²) >= 11 is 1.70. The maximum Gasteiger partial charge on any atom is 0.113 e. The molecular formula is C17H20OS. The largest absolute Gasteiger partial charge is 0.383 e. The van der Waals surface area contributed by atoms with Crippen molar-refractivity contribution >= 4 is 11.3 Å².